The number of hydrogen-bond acceptors (Lipinski definition) is 6. The van der Waals surface area contributed by atoms with Crippen LogP contribution in [0.5, 0.6) is 0 Å². The molecule has 9 heteroatoms. The van der Waals surface area contributed by atoms with Gasteiger partial charge in [0.15, 0.2) is 0 Å². The van der Waals surface area contributed by atoms with Gasteiger partial charge in [0.05, 0.1) is 16.3 Å². The SMILES string of the molecule is NS(=O)(=O)c1ccc(-c2ccc(/C=C3\SC(=S)N(Cc4ccccc4)C3=O)o2)cc1. The second-order valence-corrected chi connectivity index (χ2v) is 9.76. The topological polar surface area (TPSA) is 93.6 Å². The number of benzene rings is 2. The zero-order valence-corrected chi connectivity index (χ0v) is 18.0. The standard InChI is InChI=1S/C21H16N2O4S3/c22-30(25,26)17-9-6-15(7-10-17)18-11-8-16(27-18)12-19-20(24)23(21(28)29-19)13-14-4-2-1-3-5-14/h1-12H,13H2,(H2,22,25,26)/b19-12-. The van der Waals surface area contributed by atoms with E-state index < -0.39 is 10.0 Å². The summed E-state index contributed by atoms with van der Waals surface area (Å²) >= 11 is 6.61. The summed E-state index contributed by atoms with van der Waals surface area (Å²) < 4.78 is 29.1. The lowest BCUT2D eigenvalue weighted by atomic mass is 10.2. The van der Waals surface area contributed by atoms with Crippen LogP contribution in [0.1, 0.15) is 11.3 Å². The van der Waals surface area contributed by atoms with Gasteiger partial charge in [-0.15, -0.1) is 0 Å². The molecule has 0 unspecified atom stereocenters. The number of nitrogens with zero attached hydrogens (tertiary/aromatic N) is 1. The number of carbonyl (C=O) groups is 1. The number of primary sulfonamides is 1. The number of furan rings is 1. The van der Waals surface area contributed by atoms with Gasteiger partial charge in [-0.25, -0.2) is 13.6 Å². The van der Waals surface area contributed by atoms with E-state index in [1.54, 1.807) is 35.2 Å². The Kier molecular flexibility index (Phi) is 5.61. The fraction of sp³-hybridized carbons (Fsp3) is 0.0476. The summed E-state index contributed by atoms with van der Waals surface area (Å²) in [6, 6.07) is 19.2. The van der Waals surface area contributed by atoms with Crippen molar-refractivity contribution in [2.75, 3.05) is 0 Å². The van der Waals surface area contributed by atoms with Crippen LogP contribution in [0.3, 0.4) is 0 Å². The number of thiocarbonyl (C=S) groups is 1. The van der Waals surface area contributed by atoms with Crippen LogP contribution in [-0.4, -0.2) is 23.5 Å². The molecule has 2 aromatic carbocycles. The van der Waals surface area contributed by atoms with Gasteiger partial charge in [-0.1, -0.05) is 54.3 Å². The third-order valence-corrected chi connectivity index (χ3v) is 6.73. The summed E-state index contributed by atoms with van der Waals surface area (Å²) in [5.41, 5.74) is 1.69. The molecule has 1 aromatic heterocycles. The van der Waals surface area contributed by atoms with E-state index >= 15 is 0 Å². The lowest BCUT2D eigenvalue weighted by molar-refractivity contribution is -0.122. The number of thioether (sulfide) groups is 1. The van der Waals surface area contributed by atoms with E-state index in [1.165, 1.54) is 23.9 Å². The maximum atomic E-state index is 12.8. The summed E-state index contributed by atoms with van der Waals surface area (Å²) in [5.74, 6) is 0.882. The van der Waals surface area contributed by atoms with Crippen LogP contribution in [0, 0.1) is 0 Å². The van der Waals surface area contributed by atoms with Crippen LogP contribution >= 0.6 is 24.0 Å². The third-order valence-electron chi connectivity index (χ3n) is 4.42. The average molecular weight is 457 g/mol. The zero-order valence-electron chi connectivity index (χ0n) is 15.5. The van der Waals surface area contributed by atoms with Gasteiger partial charge in [0.25, 0.3) is 5.91 Å². The Morgan fingerprint density at radius 2 is 1.73 bits per heavy atom. The number of nitrogens with two attached hydrogens (primary N) is 1. The largest absolute Gasteiger partial charge is 0.457 e. The second-order valence-electron chi connectivity index (χ2n) is 6.52. The normalized spacial score (nSPS) is 15.9. The molecular formula is C21H16N2O4S3. The number of rotatable bonds is 5. The maximum Gasteiger partial charge on any atom is 0.266 e. The van der Waals surface area contributed by atoms with Gasteiger partial charge < -0.3 is 4.42 Å². The molecule has 0 saturated carbocycles. The molecule has 30 heavy (non-hydrogen) atoms. The minimum atomic E-state index is -3.75. The highest BCUT2D eigenvalue weighted by molar-refractivity contribution is 8.26. The molecule has 0 radical (unpaired) electrons. The van der Waals surface area contributed by atoms with Crippen molar-refractivity contribution in [3.63, 3.8) is 0 Å². The Hall–Kier alpha value is -2.72. The number of carbonyl (C=O) groups excluding carboxylic acids is 1. The van der Waals surface area contributed by atoms with Crippen molar-refractivity contribution in [1.29, 1.82) is 0 Å². The summed E-state index contributed by atoms with van der Waals surface area (Å²) in [7, 11) is -3.75. The van der Waals surface area contributed by atoms with Crippen molar-refractivity contribution >= 4 is 50.3 Å². The van der Waals surface area contributed by atoms with Crippen LogP contribution in [0.25, 0.3) is 17.4 Å². The predicted octanol–water partition coefficient (Wildman–Crippen LogP) is 4.00. The molecule has 1 saturated heterocycles. The van der Waals surface area contributed by atoms with Gasteiger partial charge in [0.1, 0.15) is 15.8 Å². The predicted molar refractivity (Wildman–Crippen MR) is 121 cm³/mol. The van der Waals surface area contributed by atoms with Gasteiger partial charge in [0, 0.05) is 11.6 Å². The first kappa shape index (κ1) is 20.5. The Balaban J connectivity index is 1.53. The van der Waals surface area contributed by atoms with Crippen LogP contribution in [0.2, 0.25) is 0 Å². The summed E-state index contributed by atoms with van der Waals surface area (Å²) in [5, 5.41) is 5.12. The van der Waals surface area contributed by atoms with Crippen molar-refractivity contribution < 1.29 is 17.6 Å². The van der Waals surface area contributed by atoms with Crippen molar-refractivity contribution in [2.24, 2.45) is 5.14 Å². The number of sulfonamides is 1. The van der Waals surface area contributed by atoms with Gasteiger partial charge in [-0.3, -0.25) is 9.69 Å². The zero-order chi connectivity index (χ0) is 21.3. The molecule has 152 valence electrons. The molecule has 1 aliphatic rings. The van der Waals surface area contributed by atoms with E-state index in [9.17, 15) is 13.2 Å². The first-order chi connectivity index (χ1) is 14.3. The monoisotopic (exact) mass is 456 g/mol. The molecule has 1 amide bonds. The Bertz CT molecular complexity index is 1250. The molecule has 0 atom stereocenters. The van der Waals surface area contributed by atoms with Crippen molar-refractivity contribution in [2.45, 2.75) is 11.4 Å². The smallest absolute Gasteiger partial charge is 0.266 e. The number of amides is 1. The molecule has 2 N–H and O–H groups in total. The Labute approximate surface area is 183 Å². The van der Waals surface area contributed by atoms with Gasteiger partial charge in [-0.05, 0) is 42.0 Å². The summed E-state index contributed by atoms with van der Waals surface area (Å²) in [6.07, 6.45) is 1.66. The summed E-state index contributed by atoms with van der Waals surface area (Å²) in [6.45, 7) is 0.419. The molecule has 1 aliphatic heterocycles. The first-order valence-corrected chi connectivity index (χ1v) is 11.6. The molecule has 0 bridgehead atoms. The van der Waals surface area contributed by atoms with E-state index in [-0.39, 0.29) is 10.8 Å². The van der Waals surface area contributed by atoms with Gasteiger partial charge in [0.2, 0.25) is 10.0 Å². The molecule has 2 heterocycles. The lowest BCUT2D eigenvalue weighted by Gasteiger charge is -2.14. The molecular weight excluding hydrogens is 440 g/mol. The van der Waals surface area contributed by atoms with Gasteiger partial charge >= 0.3 is 0 Å². The highest BCUT2D eigenvalue weighted by atomic mass is 32.2. The highest BCUT2D eigenvalue weighted by Gasteiger charge is 2.32. The minimum Gasteiger partial charge on any atom is -0.457 e. The summed E-state index contributed by atoms with van der Waals surface area (Å²) in [4.78, 5) is 14.9. The molecule has 3 aromatic rings. The number of hydrogen-bond donors (Lipinski definition) is 1. The molecule has 0 spiro atoms. The van der Waals surface area contributed by atoms with E-state index in [0.29, 0.717) is 32.9 Å². The fourth-order valence-corrected chi connectivity index (χ4v) is 4.68. The molecule has 6 nitrogen and oxygen atoms in total. The Morgan fingerprint density at radius 1 is 1.03 bits per heavy atom. The van der Waals surface area contributed by atoms with E-state index in [0.717, 1.165) is 5.56 Å². The van der Waals surface area contributed by atoms with Crippen molar-refractivity contribution in [1.82, 2.24) is 4.90 Å². The third kappa shape index (κ3) is 4.39. The van der Waals surface area contributed by atoms with E-state index in [4.69, 9.17) is 21.8 Å². The molecule has 4 rings (SSSR count). The van der Waals surface area contributed by atoms with Crippen molar-refractivity contribution in [3.05, 3.63) is 83.0 Å². The minimum absolute atomic E-state index is 0.0279. The quantitative estimate of drug-likeness (QED) is 0.461. The average Bonchev–Trinajstić information content (AvgIpc) is 3.29. The Morgan fingerprint density at radius 3 is 2.40 bits per heavy atom. The van der Waals surface area contributed by atoms with E-state index in [1.807, 2.05) is 30.3 Å². The fourth-order valence-electron chi connectivity index (χ4n) is 2.93. The van der Waals surface area contributed by atoms with E-state index in [2.05, 4.69) is 0 Å². The first-order valence-electron chi connectivity index (χ1n) is 8.83. The van der Waals surface area contributed by atoms with Crippen LogP contribution in [-0.2, 0) is 21.4 Å². The van der Waals surface area contributed by atoms with Gasteiger partial charge in [-0.2, -0.15) is 0 Å². The lowest BCUT2D eigenvalue weighted by Crippen LogP contribution is -2.27. The van der Waals surface area contributed by atoms with Crippen LogP contribution in [0.4, 0.5) is 0 Å². The molecule has 1 fully saturated rings. The van der Waals surface area contributed by atoms with Crippen LogP contribution in [0.15, 0.2) is 80.9 Å². The molecule has 0 aliphatic carbocycles. The maximum absolute atomic E-state index is 12.8. The second kappa shape index (κ2) is 8.19. The van der Waals surface area contributed by atoms with Crippen molar-refractivity contribution in [3.8, 4) is 11.3 Å². The highest BCUT2D eigenvalue weighted by Crippen LogP contribution is 2.34. The van der Waals surface area contributed by atoms with Crippen LogP contribution < -0.4 is 5.14 Å².